The molecular weight excluding hydrogens is 236 g/mol. The first-order valence-electron chi connectivity index (χ1n) is 6.03. The summed E-state index contributed by atoms with van der Waals surface area (Å²) in [5, 5.41) is 3.90. The van der Waals surface area contributed by atoms with E-state index in [1.54, 1.807) is 12.1 Å². The minimum absolute atomic E-state index is 0.0757. The van der Waals surface area contributed by atoms with Gasteiger partial charge in [0.2, 0.25) is 0 Å². The second kappa shape index (κ2) is 4.31. The summed E-state index contributed by atoms with van der Waals surface area (Å²) in [6.45, 7) is 2.82. The third kappa shape index (κ3) is 1.83. The molecule has 0 spiro atoms. The van der Waals surface area contributed by atoms with Crippen LogP contribution in [0, 0.1) is 5.92 Å². The lowest BCUT2D eigenvalue weighted by Crippen LogP contribution is -2.39. The molecule has 0 saturated carbocycles. The van der Waals surface area contributed by atoms with E-state index in [0.717, 1.165) is 26.1 Å². The Morgan fingerprint density at radius 2 is 2.18 bits per heavy atom. The van der Waals surface area contributed by atoms with Crippen molar-refractivity contribution in [1.82, 2.24) is 10.2 Å². The van der Waals surface area contributed by atoms with Crippen LogP contribution >= 0.6 is 11.6 Å². The van der Waals surface area contributed by atoms with Crippen LogP contribution in [0.1, 0.15) is 16.8 Å². The number of amides is 1. The van der Waals surface area contributed by atoms with Gasteiger partial charge in [-0.3, -0.25) is 4.79 Å². The van der Waals surface area contributed by atoms with Crippen molar-refractivity contribution in [3.8, 4) is 0 Å². The lowest BCUT2D eigenvalue weighted by atomic mass is 10.0. The van der Waals surface area contributed by atoms with E-state index in [0.29, 0.717) is 22.5 Å². The lowest BCUT2D eigenvalue weighted by Gasteiger charge is -2.23. The highest BCUT2D eigenvalue weighted by Gasteiger charge is 2.40. The number of carbonyl (C=O) groups excluding carboxylic acids is 1. The molecule has 1 amide bonds. The zero-order valence-electron chi connectivity index (χ0n) is 9.53. The summed E-state index contributed by atoms with van der Waals surface area (Å²) in [6.07, 6.45) is 1.11. The summed E-state index contributed by atoms with van der Waals surface area (Å²) in [6, 6.07) is 7.65. The van der Waals surface area contributed by atoms with Gasteiger partial charge in [-0.1, -0.05) is 23.7 Å². The van der Waals surface area contributed by atoms with E-state index >= 15 is 0 Å². The van der Waals surface area contributed by atoms with Gasteiger partial charge in [-0.2, -0.15) is 0 Å². The molecule has 90 valence electrons. The van der Waals surface area contributed by atoms with E-state index in [2.05, 4.69) is 5.32 Å². The van der Waals surface area contributed by atoms with Crippen LogP contribution in [0.4, 0.5) is 0 Å². The van der Waals surface area contributed by atoms with Crippen molar-refractivity contribution in [3.63, 3.8) is 0 Å². The van der Waals surface area contributed by atoms with Crippen molar-refractivity contribution in [3.05, 3.63) is 34.9 Å². The minimum atomic E-state index is 0.0757. The number of likely N-dealkylation sites (tertiary alicyclic amines) is 1. The van der Waals surface area contributed by atoms with Gasteiger partial charge in [0.1, 0.15) is 0 Å². The van der Waals surface area contributed by atoms with Crippen molar-refractivity contribution in [2.24, 2.45) is 5.92 Å². The Kier molecular flexibility index (Phi) is 2.81. The number of nitrogens with zero attached hydrogens (tertiary/aromatic N) is 1. The molecule has 0 aromatic heterocycles. The Hall–Kier alpha value is -1.06. The molecule has 0 aliphatic carbocycles. The number of rotatable bonds is 1. The molecule has 2 aliphatic heterocycles. The molecule has 3 rings (SSSR count). The largest absolute Gasteiger partial charge is 0.334 e. The van der Waals surface area contributed by atoms with Crippen LogP contribution in [0.15, 0.2) is 24.3 Å². The summed E-state index contributed by atoms with van der Waals surface area (Å²) in [7, 11) is 0. The fraction of sp³-hybridized carbons (Fsp3) is 0.462. The number of nitrogens with one attached hydrogen (secondary N) is 1. The molecule has 2 fully saturated rings. The van der Waals surface area contributed by atoms with E-state index in [9.17, 15) is 4.79 Å². The quantitative estimate of drug-likeness (QED) is 0.824. The zero-order valence-corrected chi connectivity index (χ0v) is 10.3. The molecule has 0 unspecified atom stereocenters. The molecule has 3 nitrogen and oxygen atoms in total. The molecule has 1 N–H and O–H groups in total. The minimum Gasteiger partial charge on any atom is -0.334 e. The van der Waals surface area contributed by atoms with Crippen LogP contribution in [0.5, 0.6) is 0 Å². The SMILES string of the molecule is O=C(c1ccccc1Cl)N1CC[C@H]2CNC[C@H]21. The van der Waals surface area contributed by atoms with Gasteiger partial charge in [-0.25, -0.2) is 0 Å². The van der Waals surface area contributed by atoms with Gasteiger partial charge in [0.25, 0.3) is 5.91 Å². The third-order valence-corrected chi connectivity index (χ3v) is 4.14. The van der Waals surface area contributed by atoms with E-state index < -0.39 is 0 Å². The molecule has 0 bridgehead atoms. The van der Waals surface area contributed by atoms with Crippen LogP contribution in [0.25, 0.3) is 0 Å². The van der Waals surface area contributed by atoms with Crippen molar-refractivity contribution in [2.45, 2.75) is 12.5 Å². The van der Waals surface area contributed by atoms with Crippen LogP contribution in [-0.2, 0) is 0 Å². The predicted octanol–water partition coefficient (Wildman–Crippen LogP) is 1.77. The van der Waals surface area contributed by atoms with E-state index in [1.807, 2.05) is 17.0 Å². The molecular formula is C13H15ClN2O. The average molecular weight is 251 g/mol. The predicted molar refractivity (Wildman–Crippen MR) is 67.3 cm³/mol. The molecule has 17 heavy (non-hydrogen) atoms. The maximum atomic E-state index is 12.4. The van der Waals surface area contributed by atoms with Gasteiger partial charge in [-0.05, 0) is 24.5 Å². The Bertz CT molecular complexity index is 449. The molecule has 4 heteroatoms. The van der Waals surface area contributed by atoms with Gasteiger partial charge >= 0.3 is 0 Å². The third-order valence-electron chi connectivity index (χ3n) is 3.81. The van der Waals surface area contributed by atoms with Crippen LogP contribution in [0.2, 0.25) is 5.02 Å². The smallest absolute Gasteiger partial charge is 0.255 e. The summed E-state index contributed by atoms with van der Waals surface area (Å²) in [5.74, 6) is 0.702. The molecule has 2 aliphatic rings. The van der Waals surface area contributed by atoms with Crippen molar-refractivity contribution in [1.29, 1.82) is 0 Å². The average Bonchev–Trinajstić information content (AvgIpc) is 2.90. The molecule has 2 heterocycles. The van der Waals surface area contributed by atoms with Gasteiger partial charge in [0.05, 0.1) is 10.6 Å². The highest BCUT2D eigenvalue weighted by molar-refractivity contribution is 6.33. The van der Waals surface area contributed by atoms with Gasteiger partial charge in [-0.15, -0.1) is 0 Å². The first-order valence-corrected chi connectivity index (χ1v) is 6.41. The topological polar surface area (TPSA) is 32.3 Å². The first kappa shape index (κ1) is 11.1. The maximum absolute atomic E-state index is 12.4. The Morgan fingerprint density at radius 3 is 3.00 bits per heavy atom. The van der Waals surface area contributed by atoms with Crippen LogP contribution in [0.3, 0.4) is 0 Å². The Balaban J connectivity index is 1.85. The number of fused-ring (bicyclic) bond motifs is 1. The summed E-state index contributed by atoms with van der Waals surface area (Å²) < 4.78 is 0. The molecule has 2 saturated heterocycles. The monoisotopic (exact) mass is 250 g/mol. The first-order chi connectivity index (χ1) is 8.27. The Labute approximate surface area is 106 Å². The normalized spacial score (nSPS) is 27.2. The number of carbonyl (C=O) groups is 1. The van der Waals surface area contributed by atoms with Crippen LogP contribution in [-0.4, -0.2) is 36.5 Å². The number of hydrogen-bond donors (Lipinski definition) is 1. The summed E-state index contributed by atoms with van der Waals surface area (Å²) in [4.78, 5) is 14.4. The van der Waals surface area contributed by atoms with E-state index in [-0.39, 0.29) is 5.91 Å². The Morgan fingerprint density at radius 1 is 1.35 bits per heavy atom. The number of halogens is 1. The molecule has 0 radical (unpaired) electrons. The fourth-order valence-electron chi connectivity index (χ4n) is 2.89. The summed E-state index contributed by atoms with van der Waals surface area (Å²) >= 11 is 6.08. The fourth-order valence-corrected chi connectivity index (χ4v) is 3.11. The van der Waals surface area contributed by atoms with Crippen LogP contribution < -0.4 is 5.32 Å². The van der Waals surface area contributed by atoms with Crippen molar-refractivity contribution < 1.29 is 4.79 Å². The number of hydrogen-bond acceptors (Lipinski definition) is 2. The standard InChI is InChI=1S/C13H15ClN2O/c14-11-4-2-1-3-10(11)13(17)16-6-5-9-7-15-8-12(9)16/h1-4,9,12,15H,5-8H2/t9-,12+/m0/s1. The van der Waals surface area contributed by atoms with Gasteiger partial charge < -0.3 is 10.2 Å². The number of benzene rings is 1. The van der Waals surface area contributed by atoms with Crippen molar-refractivity contribution in [2.75, 3.05) is 19.6 Å². The zero-order chi connectivity index (χ0) is 11.8. The van der Waals surface area contributed by atoms with E-state index in [4.69, 9.17) is 11.6 Å². The van der Waals surface area contributed by atoms with Gasteiger partial charge in [0.15, 0.2) is 0 Å². The second-order valence-electron chi connectivity index (χ2n) is 4.75. The molecule has 1 aromatic carbocycles. The molecule has 1 aromatic rings. The summed E-state index contributed by atoms with van der Waals surface area (Å²) in [5.41, 5.74) is 0.627. The van der Waals surface area contributed by atoms with Gasteiger partial charge in [0, 0.05) is 25.7 Å². The highest BCUT2D eigenvalue weighted by atomic mass is 35.5. The maximum Gasteiger partial charge on any atom is 0.255 e. The lowest BCUT2D eigenvalue weighted by molar-refractivity contribution is 0.0737. The second-order valence-corrected chi connectivity index (χ2v) is 5.16. The van der Waals surface area contributed by atoms with E-state index in [1.165, 1.54) is 0 Å². The molecule has 2 atom stereocenters. The van der Waals surface area contributed by atoms with Crippen molar-refractivity contribution >= 4 is 17.5 Å². The highest BCUT2D eigenvalue weighted by Crippen LogP contribution is 2.29.